The first kappa shape index (κ1) is 43.6. The van der Waals surface area contributed by atoms with Crippen LogP contribution in [0.5, 0.6) is 0 Å². The van der Waals surface area contributed by atoms with Gasteiger partial charge in [0.25, 0.3) is 0 Å². The Morgan fingerprint density at radius 3 is 1.12 bits per heavy atom. The fourth-order valence-corrected chi connectivity index (χ4v) is 12.9. The summed E-state index contributed by atoms with van der Waals surface area (Å²) in [4.78, 5) is 51.2. The highest BCUT2D eigenvalue weighted by molar-refractivity contribution is 7.92. The summed E-state index contributed by atoms with van der Waals surface area (Å²) in [5.41, 5.74) is 0. The Hall–Kier alpha value is -2.97. The minimum atomic E-state index is -3.34. The van der Waals surface area contributed by atoms with Crippen LogP contribution in [0.1, 0.15) is 168 Å². The number of carbonyl (C=O) groups is 4. The van der Waals surface area contributed by atoms with Crippen LogP contribution in [0, 0.1) is 11.8 Å². The molecule has 6 fully saturated rings. The van der Waals surface area contributed by atoms with E-state index in [-0.39, 0.29) is 72.7 Å². The van der Waals surface area contributed by atoms with Crippen molar-refractivity contribution in [1.82, 2.24) is 31.9 Å². The lowest BCUT2D eigenvalue weighted by molar-refractivity contribution is 0.0675. The number of urea groups is 2. The zero-order valence-corrected chi connectivity index (χ0v) is 35.4. The van der Waals surface area contributed by atoms with E-state index in [1.54, 1.807) is 0 Å². The van der Waals surface area contributed by atoms with E-state index in [4.69, 9.17) is 9.47 Å². The molecule has 0 spiro atoms. The smallest absolute Gasteiger partial charge is 0.407 e. The van der Waals surface area contributed by atoms with Crippen LogP contribution in [0.25, 0.3) is 0 Å². The molecule has 0 bridgehead atoms. The number of alkyl carbamates (subject to hydrolysis) is 2. The summed E-state index contributed by atoms with van der Waals surface area (Å²) in [5.74, 6) is 0.595. The molecule has 57 heavy (non-hydrogen) atoms. The number of carbonyl (C=O) groups excluding carboxylic acids is 4. The lowest BCUT2D eigenvalue weighted by Crippen LogP contribution is -2.53. The van der Waals surface area contributed by atoms with E-state index in [9.17, 15) is 27.6 Å². The highest BCUT2D eigenvalue weighted by Crippen LogP contribution is 2.34. The van der Waals surface area contributed by atoms with Gasteiger partial charge in [-0.05, 0) is 153 Å². The van der Waals surface area contributed by atoms with E-state index in [0.717, 1.165) is 77.0 Å². The van der Waals surface area contributed by atoms with Crippen LogP contribution in [0.4, 0.5) is 19.2 Å². The van der Waals surface area contributed by atoms with Gasteiger partial charge in [0.15, 0.2) is 9.84 Å². The van der Waals surface area contributed by atoms with Gasteiger partial charge in [-0.3, -0.25) is 0 Å². The number of hydrogen-bond acceptors (Lipinski definition) is 8. The average Bonchev–Trinajstić information content (AvgIpc) is 3.18. The third kappa shape index (κ3) is 13.0. The normalized spacial score (nSPS) is 34.5. The molecule has 0 aromatic heterocycles. The van der Waals surface area contributed by atoms with E-state index < -0.39 is 20.3 Å². The second-order valence-electron chi connectivity index (χ2n) is 18.6. The van der Waals surface area contributed by atoms with Crippen molar-refractivity contribution in [2.75, 3.05) is 0 Å². The van der Waals surface area contributed by atoms with E-state index in [1.807, 2.05) is 0 Å². The Morgan fingerprint density at radius 1 is 0.421 bits per heavy atom. The third-order valence-electron chi connectivity index (χ3n) is 14.3. The first-order chi connectivity index (χ1) is 27.4. The second-order valence-corrected chi connectivity index (χ2v) is 21.1. The Bertz CT molecular complexity index is 1340. The molecule has 0 radical (unpaired) electrons. The molecule has 6 amide bonds. The van der Waals surface area contributed by atoms with Gasteiger partial charge in [-0.1, -0.05) is 26.7 Å². The molecule has 0 aromatic carbocycles. The highest BCUT2D eigenvalue weighted by Gasteiger charge is 2.40. The van der Waals surface area contributed by atoms with Crippen molar-refractivity contribution in [2.45, 2.75) is 227 Å². The summed E-state index contributed by atoms with van der Waals surface area (Å²) in [5, 5.41) is 17.7. The van der Waals surface area contributed by atoms with Gasteiger partial charge in [0.1, 0.15) is 12.2 Å². The Kier molecular flexibility index (Phi) is 15.9. The fraction of sp³-hybridized carbons (Fsp3) is 0.905. The van der Waals surface area contributed by atoms with Crippen LogP contribution in [0.3, 0.4) is 0 Å². The van der Waals surface area contributed by atoms with Gasteiger partial charge in [-0.15, -0.1) is 0 Å². The number of nitrogens with one attached hydrogen (secondary N) is 6. The zero-order valence-electron chi connectivity index (χ0n) is 34.6. The lowest BCUT2D eigenvalue weighted by atomic mass is 9.83. The summed E-state index contributed by atoms with van der Waals surface area (Å²) >= 11 is 0. The average molecular weight is 821 g/mol. The Balaban J connectivity index is 0.853. The van der Waals surface area contributed by atoms with Crippen molar-refractivity contribution in [3.63, 3.8) is 0 Å². The predicted molar refractivity (Wildman–Crippen MR) is 219 cm³/mol. The summed E-state index contributed by atoms with van der Waals surface area (Å²) < 4.78 is 38.8. The molecule has 6 aliphatic rings. The van der Waals surface area contributed by atoms with Crippen LogP contribution in [-0.2, 0) is 19.3 Å². The van der Waals surface area contributed by atoms with Crippen molar-refractivity contribution in [1.29, 1.82) is 0 Å². The maximum atomic E-state index is 13.7. The minimum absolute atomic E-state index is 0.000347. The van der Waals surface area contributed by atoms with Crippen LogP contribution in [0.15, 0.2) is 0 Å². The standard InChI is InChI=1S/C42H72N6O8S/c1-27-13-15-31(25-37(27)47-41(51)55-33-9-5-3-6-10-33)45-39(49)43-29-17-21-35(22-18-29)57(53,54)36-23-19-30(20-24-36)44-40(50)46-32-16-14-28(2)38(26-32)48-42(52)56-34-11-7-4-8-12-34/h27-38H,3-26H2,1-2H3,(H,47,51)(H,48,52)(H2,43,45,49)(H2,44,46,50). The van der Waals surface area contributed by atoms with Crippen LogP contribution in [-0.4, -0.2) is 91.6 Å². The summed E-state index contributed by atoms with van der Waals surface area (Å²) in [7, 11) is -3.34. The molecule has 0 aliphatic heterocycles. The van der Waals surface area contributed by atoms with Gasteiger partial charge >= 0.3 is 24.2 Å². The summed E-state index contributed by atoms with van der Waals surface area (Å²) in [6.07, 6.45) is 19.1. The lowest BCUT2D eigenvalue weighted by Gasteiger charge is -2.37. The van der Waals surface area contributed by atoms with Gasteiger partial charge in [-0.25, -0.2) is 27.6 Å². The maximum absolute atomic E-state index is 13.7. The predicted octanol–water partition coefficient (Wildman–Crippen LogP) is 6.85. The Morgan fingerprint density at radius 2 is 0.754 bits per heavy atom. The second kappa shape index (κ2) is 20.8. The van der Waals surface area contributed by atoms with Gasteiger partial charge < -0.3 is 41.4 Å². The molecule has 15 heteroatoms. The molecule has 6 rings (SSSR count). The van der Waals surface area contributed by atoms with E-state index in [2.05, 4.69) is 45.7 Å². The molecule has 6 atom stereocenters. The zero-order chi connectivity index (χ0) is 40.4. The molecular formula is C42H72N6O8S. The number of sulfone groups is 1. The molecule has 0 heterocycles. The van der Waals surface area contributed by atoms with Gasteiger partial charge in [0.05, 0.1) is 10.5 Å². The van der Waals surface area contributed by atoms with Crippen LogP contribution >= 0.6 is 0 Å². The van der Waals surface area contributed by atoms with E-state index in [1.165, 1.54) is 12.8 Å². The molecule has 6 saturated carbocycles. The quantitative estimate of drug-likeness (QED) is 0.138. The summed E-state index contributed by atoms with van der Waals surface area (Å²) in [6, 6.07) is -0.849. The van der Waals surface area contributed by atoms with Gasteiger partial charge in [-0.2, -0.15) is 0 Å². The molecule has 6 N–H and O–H groups in total. The van der Waals surface area contributed by atoms with Gasteiger partial charge in [0.2, 0.25) is 0 Å². The molecule has 6 unspecified atom stereocenters. The number of ether oxygens (including phenoxy) is 2. The SMILES string of the molecule is CC1CCC(NC(=O)NC2CCC(S(=O)(=O)C3CCC(NC(=O)NC4CCC(C)C(NC(=O)OC5CCCCC5)C4)CC3)CC2)CC1NC(=O)OC1CCCCC1. The monoisotopic (exact) mass is 821 g/mol. The molecular weight excluding hydrogens is 749 g/mol. The largest absolute Gasteiger partial charge is 0.446 e. The number of rotatable bonds is 10. The topological polar surface area (TPSA) is 193 Å². The fourth-order valence-electron chi connectivity index (χ4n) is 10.5. The molecule has 6 aliphatic carbocycles. The molecule has 0 saturated heterocycles. The van der Waals surface area contributed by atoms with Crippen molar-refractivity contribution in [3.05, 3.63) is 0 Å². The van der Waals surface area contributed by atoms with Crippen LogP contribution < -0.4 is 31.9 Å². The van der Waals surface area contributed by atoms with Crippen molar-refractivity contribution < 1.29 is 37.1 Å². The Labute approximate surface area is 340 Å². The first-order valence-electron chi connectivity index (χ1n) is 22.7. The molecule has 0 aromatic rings. The third-order valence-corrected chi connectivity index (χ3v) is 17.1. The highest BCUT2D eigenvalue weighted by atomic mass is 32.2. The van der Waals surface area contributed by atoms with E-state index in [0.29, 0.717) is 76.0 Å². The summed E-state index contributed by atoms with van der Waals surface area (Å²) in [6.45, 7) is 4.26. The van der Waals surface area contributed by atoms with Crippen LogP contribution in [0.2, 0.25) is 0 Å². The maximum Gasteiger partial charge on any atom is 0.407 e. The molecule has 14 nitrogen and oxygen atoms in total. The minimum Gasteiger partial charge on any atom is -0.446 e. The van der Waals surface area contributed by atoms with Crippen molar-refractivity contribution in [2.24, 2.45) is 11.8 Å². The van der Waals surface area contributed by atoms with E-state index >= 15 is 0 Å². The van der Waals surface area contributed by atoms with Crippen molar-refractivity contribution in [3.8, 4) is 0 Å². The number of hydrogen-bond donors (Lipinski definition) is 6. The number of amides is 6. The first-order valence-corrected chi connectivity index (χ1v) is 24.3. The molecule has 324 valence electrons. The van der Waals surface area contributed by atoms with Crippen molar-refractivity contribution >= 4 is 34.1 Å². The van der Waals surface area contributed by atoms with Gasteiger partial charge in [0, 0.05) is 36.3 Å².